The molecule has 2 N–H and O–H groups in total. The van der Waals surface area contributed by atoms with Crippen molar-refractivity contribution in [1.29, 1.82) is 0 Å². The number of carbonyl (C=O) groups excluding carboxylic acids is 2. The molecule has 0 saturated heterocycles. The molecule has 0 atom stereocenters. The van der Waals surface area contributed by atoms with Gasteiger partial charge in [-0.25, -0.2) is 0 Å². The van der Waals surface area contributed by atoms with E-state index in [4.69, 9.17) is 4.74 Å². The first kappa shape index (κ1) is 13.0. The highest BCUT2D eigenvalue weighted by atomic mass is 16.5. The molecule has 1 aliphatic rings. The molecular formula is C11H20N2O3. The van der Waals surface area contributed by atoms with Crippen LogP contribution in [0.25, 0.3) is 0 Å². The molecule has 0 bridgehead atoms. The van der Waals surface area contributed by atoms with Crippen molar-refractivity contribution >= 4 is 11.8 Å². The summed E-state index contributed by atoms with van der Waals surface area (Å²) in [6.07, 6.45) is 5.19. The standard InChI is InChI=1S/C11H20N2O3/c1-2-16-8-11(15)13-12-10(14)7-9-5-3-4-6-9/h9H,2-8H2,1H3,(H,12,14)(H,13,15). The van der Waals surface area contributed by atoms with Crippen LogP contribution in [0, 0.1) is 5.92 Å². The fourth-order valence-corrected chi connectivity index (χ4v) is 1.90. The van der Waals surface area contributed by atoms with Gasteiger partial charge in [-0.1, -0.05) is 12.8 Å². The number of hydrogen-bond donors (Lipinski definition) is 2. The van der Waals surface area contributed by atoms with Crippen LogP contribution in [0.15, 0.2) is 0 Å². The molecule has 0 aromatic rings. The summed E-state index contributed by atoms with van der Waals surface area (Å²) in [6, 6.07) is 0. The predicted octanol–water partition coefficient (Wildman–Crippen LogP) is 0.751. The lowest BCUT2D eigenvalue weighted by molar-refractivity contribution is -0.131. The Bertz CT molecular complexity index is 237. The average molecular weight is 228 g/mol. The van der Waals surface area contributed by atoms with E-state index < -0.39 is 0 Å². The van der Waals surface area contributed by atoms with Gasteiger partial charge in [-0.3, -0.25) is 20.4 Å². The Kier molecular flexibility index (Phi) is 5.85. The number of ether oxygens (including phenoxy) is 1. The maximum absolute atomic E-state index is 11.4. The summed E-state index contributed by atoms with van der Waals surface area (Å²) < 4.78 is 4.90. The van der Waals surface area contributed by atoms with Crippen molar-refractivity contribution in [3.63, 3.8) is 0 Å². The van der Waals surface area contributed by atoms with E-state index in [2.05, 4.69) is 10.9 Å². The zero-order valence-electron chi connectivity index (χ0n) is 9.75. The summed E-state index contributed by atoms with van der Waals surface area (Å²) in [7, 11) is 0. The van der Waals surface area contributed by atoms with Crippen LogP contribution in [-0.4, -0.2) is 25.0 Å². The van der Waals surface area contributed by atoms with E-state index in [0.29, 0.717) is 18.9 Å². The smallest absolute Gasteiger partial charge is 0.264 e. The quantitative estimate of drug-likeness (QED) is 0.682. The monoisotopic (exact) mass is 228 g/mol. The Morgan fingerprint density at radius 3 is 2.44 bits per heavy atom. The summed E-state index contributed by atoms with van der Waals surface area (Å²) in [5.74, 6) is 0.0576. The Labute approximate surface area is 95.9 Å². The molecule has 5 heteroatoms. The van der Waals surface area contributed by atoms with E-state index in [-0.39, 0.29) is 18.4 Å². The van der Waals surface area contributed by atoms with Crippen molar-refractivity contribution in [1.82, 2.24) is 10.9 Å². The van der Waals surface area contributed by atoms with Crippen molar-refractivity contribution in [2.24, 2.45) is 5.92 Å². The minimum absolute atomic E-state index is 0.0137. The Balaban J connectivity index is 2.07. The number of nitrogens with one attached hydrogen (secondary N) is 2. The van der Waals surface area contributed by atoms with E-state index in [9.17, 15) is 9.59 Å². The molecule has 5 nitrogen and oxygen atoms in total. The third-order valence-electron chi connectivity index (χ3n) is 2.73. The lowest BCUT2D eigenvalue weighted by Crippen LogP contribution is -2.43. The molecule has 92 valence electrons. The summed E-state index contributed by atoms with van der Waals surface area (Å²) in [4.78, 5) is 22.5. The number of hydrogen-bond acceptors (Lipinski definition) is 3. The van der Waals surface area contributed by atoms with E-state index in [1.807, 2.05) is 6.92 Å². The second-order valence-electron chi connectivity index (χ2n) is 4.09. The third kappa shape index (κ3) is 5.11. The summed E-state index contributed by atoms with van der Waals surface area (Å²) in [5, 5.41) is 0. The average Bonchev–Trinajstić information content (AvgIpc) is 2.76. The van der Waals surface area contributed by atoms with E-state index in [1.165, 1.54) is 12.8 Å². The molecule has 1 saturated carbocycles. The van der Waals surface area contributed by atoms with Crippen molar-refractivity contribution in [2.45, 2.75) is 39.0 Å². The highest BCUT2D eigenvalue weighted by Gasteiger charge is 2.18. The molecule has 0 aliphatic heterocycles. The first-order chi connectivity index (χ1) is 7.72. The summed E-state index contributed by atoms with van der Waals surface area (Å²) in [5.41, 5.74) is 4.73. The maximum Gasteiger partial charge on any atom is 0.264 e. The van der Waals surface area contributed by atoms with Crippen LogP contribution in [0.4, 0.5) is 0 Å². The number of carbonyl (C=O) groups is 2. The van der Waals surface area contributed by atoms with Gasteiger partial charge in [0.15, 0.2) is 0 Å². The predicted molar refractivity (Wildman–Crippen MR) is 59.4 cm³/mol. The van der Waals surface area contributed by atoms with Gasteiger partial charge in [0.25, 0.3) is 5.91 Å². The molecule has 0 radical (unpaired) electrons. The molecule has 1 aliphatic carbocycles. The minimum Gasteiger partial charge on any atom is -0.372 e. The lowest BCUT2D eigenvalue weighted by atomic mass is 10.0. The summed E-state index contributed by atoms with van der Waals surface area (Å²) in [6.45, 7) is 2.29. The van der Waals surface area contributed by atoms with Crippen molar-refractivity contribution in [2.75, 3.05) is 13.2 Å². The third-order valence-corrected chi connectivity index (χ3v) is 2.73. The zero-order valence-corrected chi connectivity index (χ0v) is 9.75. The normalized spacial score (nSPS) is 16.1. The zero-order chi connectivity index (χ0) is 11.8. The highest BCUT2D eigenvalue weighted by Crippen LogP contribution is 2.27. The fraction of sp³-hybridized carbons (Fsp3) is 0.818. The number of amides is 2. The SMILES string of the molecule is CCOCC(=O)NNC(=O)CC1CCCC1. The van der Waals surface area contributed by atoms with Crippen LogP contribution in [0.2, 0.25) is 0 Å². The molecule has 0 spiro atoms. The van der Waals surface area contributed by atoms with Gasteiger partial charge >= 0.3 is 0 Å². The van der Waals surface area contributed by atoms with Gasteiger partial charge in [-0.15, -0.1) is 0 Å². The second kappa shape index (κ2) is 7.22. The van der Waals surface area contributed by atoms with Crippen LogP contribution >= 0.6 is 0 Å². The van der Waals surface area contributed by atoms with E-state index in [1.54, 1.807) is 0 Å². The largest absolute Gasteiger partial charge is 0.372 e. The second-order valence-corrected chi connectivity index (χ2v) is 4.09. The van der Waals surface area contributed by atoms with E-state index in [0.717, 1.165) is 12.8 Å². The fourth-order valence-electron chi connectivity index (χ4n) is 1.90. The molecule has 1 fully saturated rings. The van der Waals surface area contributed by atoms with Gasteiger partial charge in [0.2, 0.25) is 5.91 Å². The maximum atomic E-state index is 11.4. The van der Waals surface area contributed by atoms with Gasteiger partial charge in [0.1, 0.15) is 6.61 Å². The Morgan fingerprint density at radius 2 is 1.81 bits per heavy atom. The number of hydrazine groups is 1. The van der Waals surface area contributed by atoms with Gasteiger partial charge in [-0.2, -0.15) is 0 Å². The van der Waals surface area contributed by atoms with Gasteiger partial charge in [-0.05, 0) is 25.7 Å². The van der Waals surface area contributed by atoms with Crippen LogP contribution in [-0.2, 0) is 14.3 Å². The Morgan fingerprint density at radius 1 is 1.19 bits per heavy atom. The van der Waals surface area contributed by atoms with Crippen molar-refractivity contribution in [3.05, 3.63) is 0 Å². The molecule has 2 amide bonds. The first-order valence-corrected chi connectivity index (χ1v) is 5.87. The van der Waals surface area contributed by atoms with Gasteiger partial charge < -0.3 is 4.74 Å². The highest BCUT2D eigenvalue weighted by molar-refractivity contribution is 5.82. The molecule has 16 heavy (non-hydrogen) atoms. The topological polar surface area (TPSA) is 67.4 Å². The molecule has 0 heterocycles. The minimum atomic E-state index is -0.318. The molecule has 0 aromatic carbocycles. The van der Waals surface area contributed by atoms with Crippen LogP contribution < -0.4 is 10.9 Å². The van der Waals surface area contributed by atoms with Gasteiger partial charge in [0, 0.05) is 13.0 Å². The molecule has 0 unspecified atom stereocenters. The van der Waals surface area contributed by atoms with Crippen molar-refractivity contribution < 1.29 is 14.3 Å². The lowest BCUT2D eigenvalue weighted by Gasteiger charge is -2.10. The summed E-state index contributed by atoms with van der Waals surface area (Å²) >= 11 is 0. The first-order valence-electron chi connectivity index (χ1n) is 5.87. The molecular weight excluding hydrogens is 208 g/mol. The van der Waals surface area contributed by atoms with E-state index >= 15 is 0 Å². The number of rotatable bonds is 5. The van der Waals surface area contributed by atoms with Crippen LogP contribution in [0.5, 0.6) is 0 Å². The van der Waals surface area contributed by atoms with Crippen molar-refractivity contribution in [3.8, 4) is 0 Å². The molecule has 0 aromatic heterocycles. The van der Waals surface area contributed by atoms with Gasteiger partial charge in [0.05, 0.1) is 0 Å². The molecule has 1 rings (SSSR count). The van der Waals surface area contributed by atoms with Crippen LogP contribution in [0.3, 0.4) is 0 Å². The van der Waals surface area contributed by atoms with Crippen LogP contribution in [0.1, 0.15) is 39.0 Å². The Hall–Kier alpha value is -1.10.